The predicted octanol–water partition coefficient (Wildman–Crippen LogP) is 1.54. The Morgan fingerprint density at radius 1 is 1.38 bits per heavy atom. The topological polar surface area (TPSA) is 69.6 Å². The van der Waals surface area contributed by atoms with Crippen LogP contribution in [0.25, 0.3) is 0 Å². The number of unbranched alkanes of at least 4 members (excludes halogenated alkanes) is 1. The molecular weight excluding hydrogens is 208 g/mol. The molecule has 94 valence electrons. The van der Waals surface area contributed by atoms with E-state index in [4.69, 9.17) is 5.11 Å². The van der Waals surface area contributed by atoms with Crippen molar-refractivity contribution in [3.05, 3.63) is 0 Å². The molecule has 2 N–H and O–H groups in total. The first-order chi connectivity index (χ1) is 7.52. The smallest absolute Gasteiger partial charge is 0.317 e. The number of carboxylic acid groups (broad SMARTS) is 1. The summed E-state index contributed by atoms with van der Waals surface area (Å²) in [6, 6.07) is -0.177. The molecule has 0 spiro atoms. The van der Waals surface area contributed by atoms with Crippen molar-refractivity contribution >= 4 is 12.0 Å². The highest BCUT2D eigenvalue weighted by molar-refractivity contribution is 5.75. The van der Waals surface area contributed by atoms with Gasteiger partial charge in [0.25, 0.3) is 0 Å². The number of carbonyl (C=O) groups excluding carboxylic acids is 1. The summed E-state index contributed by atoms with van der Waals surface area (Å²) in [6.07, 6.45) is 1.97. The molecule has 0 radical (unpaired) electrons. The molecule has 0 aromatic rings. The maximum atomic E-state index is 11.6. The predicted molar refractivity (Wildman–Crippen MR) is 62.4 cm³/mol. The lowest BCUT2D eigenvalue weighted by atomic mass is 10.2. The fourth-order valence-electron chi connectivity index (χ4n) is 1.25. The Bertz CT molecular complexity index is 231. The molecule has 0 saturated carbocycles. The molecule has 0 bridgehead atoms. The molecule has 16 heavy (non-hydrogen) atoms. The van der Waals surface area contributed by atoms with Gasteiger partial charge < -0.3 is 15.3 Å². The molecule has 2 amide bonds. The van der Waals surface area contributed by atoms with E-state index >= 15 is 0 Å². The number of rotatable bonds is 7. The Hall–Kier alpha value is -1.26. The Morgan fingerprint density at radius 3 is 2.44 bits per heavy atom. The Balaban J connectivity index is 4.06. The SMILES string of the molecule is CCCCNC(=O)N(CC)CC(C)C(=O)O. The lowest BCUT2D eigenvalue weighted by Crippen LogP contribution is -2.43. The summed E-state index contributed by atoms with van der Waals surface area (Å²) in [5.74, 6) is -1.41. The van der Waals surface area contributed by atoms with Gasteiger partial charge in [0.2, 0.25) is 0 Å². The molecule has 0 heterocycles. The number of aliphatic carboxylic acids is 1. The lowest BCUT2D eigenvalue weighted by Gasteiger charge is -2.23. The van der Waals surface area contributed by atoms with Crippen LogP contribution in [0.15, 0.2) is 0 Å². The molecule has 0 fully saturated rings. The van der Waals surface area contributed by atoms with Crippen molar-refractivity contribution < 1.29 is 14.7 Å². The zero-order valence-corrected chi connectivity index (χ0v) is 10.3. The van der Waals surface area contributed by atoms with Crippen LogP contribution in [0.5, 0.6) is 0 Å². The molecule has 0 saturated heterocycles. The Labute approximate surface area is 96.8 Å². The summed E-state index contributed by atoms with van der Waals surface area (Å²) < 4.78 is 0. The van der Waals surface area contributed by atoms with Gasteiger partial charge in [0.15, 0.2) is 0 Å². The second-order valence-electron chi connectivity index (χ2n) is 3.86. The van der Waals surface area contributed by atoms with Gasteiger partial charge in [-0.15, -0.1) is 0 Å². The van der Waals surface area contributed by atoms with Gasteiger partial charge in [-0.05, 0) is 13.3 Å². The summed E-state index contributed by atoms with van der Waals surface area (Å²) in [7, 11) is 0. The summed E-state index contributed by atoms with van der Waals surface area (Å²) in [6.45, 7) is 6.92. The van der Waals surface area contributed by atoms with Crippen LogP contribution in [0.2, 0.25) is 0 Å². The molecule has 0 aromatic heterocycles. The summed E-state index contributed by atoms with van der Waals surface area (Å²) in [5, 5.41) is 11.5. The minimum atomic E-state index is -0.875. The first-order valence-electron chi connectivity index (χ1n) is 5.78. The van der Waals surface area contributed by atoms with E-state index in [1.54, 1.807) is 6.92 Å². The van der Waals surface area contributed by atoms with E-state index in [0.717, 1.165) is 12.8 Å². The zero-order valence-electron chi connectivity index (χ0n) is 10.3. The van der Waals surface area contributed by atoms with Crippen molar-refractivity contribution in [3.8, 4) is 0 Å². The van der Waals surface area contributed by atoms with Crippen molar-refractivity contribution in [2.75, 3.05) is 19.6 Å². The molecule has 0 aliphatic heterocycles. The summed E-state index contributed by atoms with van der Waals surface area (Å²) >= 11 is 0. The van der Waals surface area contributed by atoms with E-state index in [1.807, 2.05) is 6.92 Å². The van der Waals surface area contributed by atoms with Crippen LogP contribution in [-0.4, -0.2) is 41.6 Å². The number of carbonyl (C=O) groups is 2. The van der Waals surface area contributed by atoms with Crippen LogP contribution in [0.1, 0.15) is 33.6 Å². The van der Waals surface area contributed by atoms with Crippen LogP contribution < -0.4 is 5.32 Å². The number of amides is 2. The third-order valence-corrected chi connectivity index (χ3v) is 2.39. The van der Waals surface area contributed by atoms with Crippen LogP contribution in [-0.2, 0) is 4.79 Å². The van der Waals surface area contributed by atoms with Gasteiger partial charge in [-0.2, -0.15) is 0 Å². The van der Waals surface area contributed by atoms with Crippen molar-refractivity contribution in [2.45, 2.75) is 33.6 Å². The third-order valence-electron chi connectivity index (χ3n) is 2.39. The number of hydrogen-bond donors (Lipinski definition) is 2. The first kappa shape index (κ1) is 14.7. The summed E-state index contributed by atoms with van der Waals surface area (Å²) in [4.78, 5) is 23.8. The molecular formula is C11H22N2O3. The van der Waals surface area contributed by atoms with E-state index in [-0.39, 0.29) is 12.6 Å². The van der Waals surface area contributed by atoms with Gasteiger partial charge in [-0.3, -0.25) is 4.79 Å². The minimum Gasteiger partial charge on any atom is -0.481 e. The van der Waals surface area contributed by atoms with Crippen LogP contribution in [0.3, 0.4) is 0 Å². The van der Waals surface area contributed by atoms with E-state index in [2.05, 4.69) is 12.2 Å². The third kappa shape index (κ3) is 5.58. The number of carboxylic acids is 1. The lowest BCUT2D eigenvalue weighted by molar-refractivity contribution is -0.141. The van der Waals surface area contributed by atoms with Gasteiger partial charge in [-0.25, -0.2) is 4.79 Å². The highest BCUT2D eigenvalue weighted by atomic mass is 16.4. The molecule has 1 atom stereocenters. The van der Waals surface area contributed by atoms with E-state index in [0.29, 0.717) is 13.1 Å². The van der Waals surface area contributed by atoms with Crippen molar-refractivity contribution in [3.63, 3.8) is 0 Å². The van der Waals surface area contributed by atoms with E-state index < -0.39 is 11.9 Å². The first-order valence-corrected chi connectivity index (χ1v) is 5.78. The molecule has 1 unspecified atom stereocenters. The molecule has 5 heteroatoms. The molecule has 5 nitrogen and oxygen atoms in total. The largest absolute Gasteiger partial charge is 0.481 e. The number of nitrogens with one attached hydrogen (secondary N) is 1. The van der Waals surface area contributed by atoms with Crippen molar-refractivity contribution in [1.29, 1.82) is 0 Å². The molecule has 0 aliphatic carbocycles. The van der Waals surface area contributed by atoms with Crippen LogP contribution >= 0.6 is 0 Å². The van der Waals surface area contributed by atoms with Gasteiger partial charge in [0, 0.05) is 19.6 Å². The second-order valence-corrected chi connectivity index (χ2v) is 3.86. The second kappa shape index (κ2) is 7.96. The Morgan fingerprint density at radius 2 is 2.00 bits per heavy atom. The fraction of sp³-hybridized carbons (Fsp3) is 0.818. The monoisotopic (exact) mass is 230 g/mol. The Kier molecular flexibility index (Phi) is 7.33. The summed E-state index contributed by atoms with van der Waals surface area (Å²) in [5.41, 5.74) is 0. The standard InChI is InChI=1S/C11H22N2O3/c1-4-6-7-12-11(16)13(5-2)8-9(3)10(14)15/h9H,4-8H2,1-3H3,(H,12,16)(H,14,15). The maximum absolute atomic E-state index is 11.6. The molecule has 0 aromatic carbocycles. The van der Waals surface area contributed by atoms with Crippen molar-refractivity contribution in [1.82, 2.24) is 10.2 Å². The fourth-order valence-corrected chi connectivity index (χ4v) is 1.25. The van der Waals surface area contributed by atoms with Gasteiger partial charge in [0.05, 0.1) is 5.92 Å². The maximum Gasteiger partial charge on any atom is 0.317 e. The van der Waals surface area contributed by atoms with Crippen LogP contribution in [0.4, 0.5) is 4.79 Å². The molecule has 0 rings (SSSR count). The molecule has 0 aliphatic rings. The van der Waals surface area contributed by atoms with E-state index in [1.165, 1.54) is 4.90 Å². The van der Waals surface area contributed by atoms with E-state index in [9.17, 15) is 9.59 Å². The zero-order chi connectivity index (χ0) is 12.6. The van der Waals surface area contributed by atoms with Crippen molar-refractivity contribution in [2.24, 2.45) is 5.92 Å². The van der Waals surface area contributed by atoms with Crippen LogP contribution in [0, 0.1) is 5.92 Å². The van der Waals surface area contributed by atoms with Gasteiger partial charge in [0.1, 0.15) is 0 Å². The average molecular weight is 230 g/mol. The number of urea groups is 1. The number of nitrogens with zero attached hydrogens (tertiary/aromatic N) is 1. The van der Waals surface area contributed by atoms with Gasteiger partial charge in [-0.1, -0.05) is 20.3 Å². The number of hydrogen-bond acceptors (Lipinski definition) is 2. The highest BCUT2D eigenvalue weighted by Crippen LogP contribution is 2.00. The minimum absolute atomic E-state index is 0.177. The van der Waals surface area contributed by atoms with Gasteiger partial charge >= 0.3 is 12.0 Å². The quantitative estimate of drug-likeness (QED) is 0.652. The highest BCUT2D eigenvalue weighted by Gasteiger charge is 2.18. The average Bonchev–Trinajstić information content (AvgIpc) is 2.25. The normalized spacial score (nSPS) is 11.9.